The summed E-state index contributed by atoms with van der Waals surface area (Å²) in [6.07, 6.45) is 2.86. The fourth-order valence-electron chi connectivity index (χ4n) is 4.98. The predicted octanol–water partition coefficient (Wildman–Crippen LogP) is 6.48. The maximum absolute atomic E-state index is 14.0. The molecule has 0 spiro atoms. The highest BCUT2D eigenvalue weighted by atomic mass is 32.2. The summed E-state index contributed by atoms with van der Waals surface area (Å²) in [5.41, 5.74) is 4.95. The van der Waals surface area contributed by atoms with Gasteiger partial charge in [-0.15, -0.1) is 0 Å². The fourth-order valence-corrected chi connectivity index (χ4v) is 5.81. The minimum atomic E-state index is -0.418. The van der Waals surface area contributed by atoms with E-state index >= 15 is 0 Å². The Bertz CT molecular complexity index is 1120. The Hall–Kier alpha value is -2.60. The molecule has 4 rings (SSSR count). The molecule has 4 nitrogen and oxygen atoms in total. The molecule has 0 bridgehead atoms. The van der Waals surface area contributed by atoms with E-state index in [0.29, 0.717) is 16.4 Å². The SMILES string of the molecule is CCN1c2cc(C)c(/C=C3\SC(=O)N(Cc4ccccc4F)C3=O)cc2[C@@H](C)CC1(C)C. The summed E-state index contributed by atoms with van der Waals surface area (Å²) in [4.78, 5) is 29.4. The molecule has 2 aromatic carbocycles. The quantitative estimate of drug-likeness (QED) is 0.498. The zero-order valence-electron chi connectivity index (χ0n) is 19.2. The number of rotatable bonds is 4. The Balaban J connectivity index is 1.66. The molecular weight excluding hydrogens is 423 g/mol. The lowest BCUT2D eigenvalue weighted by Gasteiger charge is -2.47. The second-order valence-electron chi connectivity index (χ2n) is 9.29. The smallest absolute Gasteiger partial charge is 0.293 e. The van der Waals surface area contributed by atoms with Gasteiger partial charge in [0.1, 0.15) is 5.82 Å². The molecule has 2 aliphatic rings. The summed E-state index contributed by atoms with van der Waals surface area (Å²) in [6.45, 7) is 11.9. The minimum Gasteiger partial charge on any atom is -0.366 e. The molecule has 1 saturated heterocycles. The van der Waals surface area contributed by atoms with Crippen molar-refractivity contribution in [3.63, 3.8) is 0 Å². The van der Waals surface area contributed by atoms with Gasteiger partial charge in [-0.05, 0) is 92.8 Å². The third-order valence-corrected chi connectivity index (χ3v) is 7.44. The molecule has 2 aromatic rings. The molecule has 168 valence electrons. The van der Waals surface area contributed by atoms with Gasteiger partial charge in [-0.25, -0.2) is 4.39 Å². The van der Waals surface area contributed by atoms with Gasteiger partial charge in [0.2, 0.25) is 0 Å². The van der Waals surface area contributed by atoms with Crippen LogP contribution in [0.1, 0.15) is 62.3 Å². The Kier molecular flexibility index (Phi) is 5.93. The first-order chi connectivity index (χ1) is 15.1. The predicted molar refractivity (Wildman–Crippen MR) is 129 cm³/mol. The number of carbonyl (C=O) groups is 2. The molecule has 0 radical (unpaired) electrons. The largest absolute Gasteiger partial charge is 0.366 e. The molecule has 1 fully saturated rings. The number of halogens is 1. The average Bonchev–Trinajstić information content (AvgIpc) is 2.98. The summed E-state index contributed by atoms with van der Waals surface area (Å²) in [6, 6.07) is 10.6. The summed E-state index contributed by atoms with van der Waals surface area (Å²) in [7, 11) is 0. The van der Waals surface area contributed by atoms with Crippen LogP contribution in [0.25, 0.3) is 6.08 Å². The van der Waals surface area contributed by atoms with Crippen LogP contribution in [0.2, 0.25) is 0 Å². The van der Waals surface area contributed by atoms with E-state index in [1.165, 1.54) is 17.3 Å². The van der Waals surface area contributed by atoms with Gasteiger partial charge in [-0.3, -0.25) is 14.5 Å². The number of imide groups is 1. The second-order valence-corrected chi connectivity index (χ2v) is 10.3. The van der Waals surface area contributed by atoms with Crippen molar-refractivity contribution >= 4 is 34.7 Å². The van der Waals surface area contributed by atoms with Gasteiger partial charge in [0.25, 0.3) is 11.1 Å². The molecule has 0 saturated carbocycles. The van der Waals surface area contributed by atoms with Gasteiger partial charge >= 0.3 is 0 Å². The van der Waals surface area contributed by atoms with Crippen molar-refractivity contribution in [1.29, 1.82) is 0 Å². The molecule has 1 atom stereocenters. The lowest BCUT2D eigenvalue weighted by atomic mass is 9.79. The molecule has 2 aliphatic heterocycles. The zero-order chi connectivity index (χ0) is 23.2. The lowest BCUT2D eigenvalue weighted by molar-refractivity contribution is -0.123. The van der Waals surface area contributed by atoms with Crippen LogP contribution in [-0.2, 0) is 11.3 Å². The van der Waals surface area contributed by atoms with Crippen molar-refractivity contribution < 1.29 is 14.0 Å². The van der Waals surface area contributed by atoms with Gasteiger partial charge in [-0.2, -0.15) is 0 Å². The van der Waals surface area contributed by atoms with Gasteiger partial charge in [0.05, 0.1) is 11.4 Å². The van der Waals surface area contributed by atoms with Crippen molar-refractivity contribution in [2.45, 2.75) is 59.0 Å². The maximum Gasteiger partial charge on any atom is 0.293 e. The number of benzene rings is 2. The second kappa shape index (κ2) is 8.39. The fraction of sp³-hybridized carbons (Fsp3) is 0.385. The molecule has 0 unspecified atom stereocenters. The highest BCUT2D eigenvalue weighted by molar-refractivity contribution is 8.18. The molecule has 2 amide bonds. The molecule has 0 aromatic heterocycles. The number of fused-ring (bicyclic) bond motifs is 1. The van der Waals surface area contributed by atoms with E-state index in [9.17, 15) is 14.0 Å². The first-order valence-corrected chi connectivity index (χ1v) is 11.8. The molecule has 2 heterocycles. The van der Waals surface area contributed by atoms with Crippen LogP contribution in [0.15, 0.2) is 41.3 Å². The first kappa shape index (κ1) is 22.6. The topological polar surface area (TPSA) is 40.6 Å². The molecule has 0 aliphatic carbocycles. The Morgan fingerprint density at radius 1 is 1.22 bits per heavy atom. The summed E-state index contributed by atoms with van der Waals surface area (Å²) < 4.78 is 14.0. The number of hydrogen-bond donors (Lipinski definition) is 0. The number of anilines is 1. The standard InChI is InChI=1S/C26H29FN2O2S/c1-6-29-22-11-16(2)19(12-20(22)17(3)14-26(29,4)5)13-23-24(30)28(25(31)32-23)15-18-9-7-8-10-21(18)27/h7-13,17H,6,14-15H2,1-5H3/b23-13-/t17-/m0/s1. The Morgan fingerprint density at radius 3 is 2.62 bits per heavy atom. The summed E-state index contributed by atoms with van der Waals surface area (Å²) >= 11 is 0.919. The van der Waals surface area contributed by atoms with Crippen molar-refractivity contribution in [3.8, 4) is 0 Å². The minimum absolute atomic E-state index is 0.0601. The average molecular weight is 453 g/mol. The van der Waals surface area contributed by atoms with Crippen LogP contribution < -0.4 is 4.90 Å². The first-order valence-electron chi connectivity index (χ1n) is 11.0. The number of aryl methyl sites for hydroxylation is 1. The third kappa shape index (κ3) is 3.96. The molecular formula is C26H29FN2O2S. The summed E-state index contributed by atoms with van der Waals surface area (Å²) in [5.74, 6) is -0.394. The van der Waals surface area contributed by atoms with Gasteiger partial charge in [0, 0.05) is 23.3 Å². The number of carbonyl (C=O) groups excluding carboxylic acids is 2. The van der Waals surface area contributed by atoms with Gasteiger partial charge in [0.15, 0.2) is 0 Å². The molecule has 0 N–H and O–H groups in total. The number of nitrogens with zero attached hydrogens (tertiary/aromatic N) is 2. The van der Waals surface area contributed by atoms with Crippen molar-refractivity contribution in [2.75, 3.05) is 11.4 Å². The van der Waals surface area contributed by atoms with E-state index in [1.807, 2.05) is 13.0 Å². The van der Waals surface area contributed by atoms with Gasteiger partial charge < -0.3 is 4.90 Å². The molecule has 32 heavy (non-hydrogen) atoms. The van der Waals surface area contributed by atoms with Crippen LogP contribution >= 0.6 is 11.8 Å². The number of amides is 2. The highest BCUT2D eigenvalue weighted by Crippen LogP contribution is 2.45. The highest BCUT2D eigenvalue weighted by Gasteiger charge is 2.37. The van der Waals surface area contributed by atoms with E-state index in [2.05, 4.69) is 44.7 Å². The third-order valence-electron chi connectivity index (χ3n) is 6.54. The van der Waals surface area contributed by atoms with E-state index in [0.717, 1.165) is 40.8 Å². The van der Waals surface area contributed by atoms with E-state index in [4.69, 9.17) is 0 Å². The zero-order valence-corrected chi connectivity index (χ0v) is 20.1. The van der Waals surface area contributed by atoms with Crippen molar-refractivity contribution in [2.24, 2.45) is 0 Å². The summed E-state index contributed by atoms with van der Waals surface area (Å²) in [5, 5.41) is -0.368. The van der Waals surface area contributed by atoms with E-state index in [1.54, 1.807) is 18.2 Å². The maximum atomic E-state index is 14.0. The van der Waals surface area contributed by atoms with Gasteiger partial charge in [-0.1, -0.05) is 25.1 Å². The van der Waals surface area contributed by atoms with Crippen LogP contribution in [0.4, 0.5) is 14.9 Å². The molecule has 6 heteroatoms. The normalized spacial score (nSPS) is 21.4. The van der Waals surface area contributed by atoms with Crippen molar-refractivity contribution in [1.82, 2.24) is 4.90 Å². The van der Waals surface area contributed by atoms with E-state index in [-0.39, 0.29) is 23.2 Å². The monoisotopic (exact) mass is 452 g/mol. The van der Waals surface area contributed by atoms with E-state index < -0.39 is 5.82 Å². The van der Waals surface area contributed by atoms with Crippen LogP contribution in [0.5, 0.6) is 0 Å². The Labute approximate surface area is 193 Å². The Morgan fingerprint density at radius 2 is 1.94 bits per heavy atom. The van der Waals surface area contributed by atoms with Crippen LogP contribution in [0, 0.1) is 12.7 Å². The number of thioether (sulfide) groups is 1. The number of hydrogen-bond acceptors (Lipinski definition) is 4. The van der Waals surface area contributed by atoms with Crippen LogP contribution in [-0.4, -0.2) is 28.1 Å². The lowest BCUT2D eigenvalue weighted by Crippen LogP contribution is -2.48. The van der Waals surface area contributed by atoms with Crippen LogP contribution in [0.3, 0.4) is 0 Å². The van der Waals surface area contributed by atoms with Crippen molar-refractivity contribution in [3.05, 3.63) is 69.4 Å².